The summed E-state index contributed by atoms with van der Waals surface area (Å²) in [5.74, 6) is -0.150. The van der Waals surface area contributed by atoms with Gasteiger partial charge in [0, 0.05) is 30.9 Å². The van der Waals surface area contributed by atoms with E-state index in [1.165, 1.54) is 5.56 Å². The molecule has 0 unspecified atom stereocenters. The fourth-order valence-corrected chi connectivity index (χ4v) is 3.83. The number of fused-ring (bicyclic) bond motifs is 1. The molecule has 2 aromatic carbocycles. The molecule has 0 N–H and O–H groups in total. The first kappa shape index (κ1) is 15.9. The van der Waals surface area contributed by atoms with E-state index in [2.05, 4.69) is 6.07 Å². The summed E-state index contributed by atoms with van der Waals surface area (Å²) in [5.41, 5.74) is 4.28. The van der Waals surface area contributed by atoms with Gasteiger partial charge in [-0.2, -0.15) is 0 Å². The molecule has 2 heterocycles. The van der Waals surface area contributed by atoms with Gasteiger partial charge in [-0.1, -0.05) is 35.9 Å². The zero-order chi connectivity index (χ0) is 17.4. The molecule has 1 saturated heterocycles. The van der Waals surface area contributed by atoms with Gasteiger partial charge < -0.3 is 9.80 Å². The molecule has 0 saturated carbocycles. The minimum absolute atomic E-state index is 0.0347. The second kappa shape index (κ2) is 6.36. The predicted octanol–water partition coefficient (Wildman–Crippen LogP) is 3.33. The van der Waals surface area contributed by atoms with Gasteiger partial charge in [0.05, 0.1) is 5.92 Å². The van der Waals surface area contributed by atoms with E-state index in [9.17, 15) is 9.59 Å². The number of hydrogen-bond acceptors (Lipinski definition) is 2. The molecular formula is C21H22N2O2. The normalized spacial score (nSPS) is 19.9. The van der Waals surface area contributed by atoms with Crippen LogP contribution < -0.4 is 9.80 Å². The Bertz CT molecular complexity index is 813. The molecule has 25 heavy (non-hydrogen) atoms. The molecule has 4 rings (SSSR count). The monoisotopic (exact) mass is 334 g/mol. The second-order valence-electron chi connectivity index (χ2n) is 6.96. The summed E-state index contributed by atoms with van der Waals surface area (Å²) in [6.07, 6.45) is 2.29. The summed E-state index contributed by atoms with van der Waals surface area (Å²) in [7, 11) is 0. The van der Waals surface area contributed by atoms with Crippen molar-refractivity contribution in [1.82, 2.24) is 0 Å². The maximum absolute atomic E-state index is 13.1. The number of benzene rings is 2. The van der Waals surface area contributed by atoms with E-state index in [1.807, 2.05) is 54.3 Å². The largest absolute Gasteiger partial charge is 0.312 e. The summed E-state index contributed by atoms with van der Waals surface area (Å²) >= 11 is 0. The van der Waals surface area contributed by atoms with Gasteiger partial charge in [-0.15, -0.1) is 0 Å². The number of para-hydroxylation sites is 1. The van der Waals surface area contributed by atoms with Crippen molar-refractivity contribution in [2.75, 3.05) is 22.9 Å². The van der Waals surface area contributed by atoms with Gasteiger partial charge in [0.2, 0.25) is 11.8 Å². The van der Waals surface area contributed by atoms with Crippen LogP contribution in [0.5, 0.6) is 0 Å². The Labute approximate surface area is 148 Å². The lowest BCUT2D eigenvalue weighted by molar-refractivity contribution is -0.124. The smallest absolute Gasteiger partial charge is 0.232 e. The minimum Gasteiger partial charge on any atom is -0.312 e. The van der Waals surface area contributed by atoms with E-state index in [0.29, 0.717) is 13.0 Å². The Morgan fingerprint density at radius 1 is 1.08 bits per heavy atom. The highest BCUT2D eigenvalue weighted by Crippen LogP contribution is 2.31. The number of nitrogens with zero attached hydrogens (tertiary/aromatic N) is 2. The summed E-state index contributed by atoms with van der Waals surface area (Å²) in [4.78, 5) is 29.2. The second-order valence-corrected chi connectivity index (χ2v) is 6.96. The van der Waals surface area contributed by atoms with Crippen molar-refractivity contribution < 1.29 is 9.59 Å². The highest BCUT2D eigenvalue weighted by Gasteiger charge is 2.38. The topological polar surface area (TPSA) is 40.6 Å². The molecule has 4 heteroatoms. The van der Waals surface area contributed by atoms with Crippen LogP contribution in [0.2, 0.25) is 0 Å². The van der Waals surface area contributed by atoms with E-state index in [4.69, 9.17) is 0 Å². The molecular weight excluding hydrogens is 312 g/mol. The fraction of sp³-hybridized carbons (Fsp3) is 0.333. The standard InChI is InChI=1S/C21H22N2O2/c1-15-8-10-18(11-9-15)23-14-17(13-20(23)24)21(25)22-12-4-6-16-5-2-3-7-19(16)22/h2-3,5,7-11,17H,4,6,12-14H2,1H3/t17-/m0/s1. The van der Waals surface area contributed by atoms with Crippen molar-refractivity contribution in [2.45, 2.75) is 26.2 Å². The van der Waals surface area contributed by atoms with Crippen molar-refractivity contribution in [3.63, 3.8) is 0 Å². The Balaban J connectivity index is 1.54. The van der Waals surface area contributed by atoms with Gasteiger partial charge in [-0.3, -0.25) is 9.59 Å². The molecule has 2 amide bonds. The lowest BCUT2D eigenvalue weighted by Gasteiger charge is -2.31. The van der Waals surface area contributed by atoms with Gasteiger partial charge in [0.15, 0.2) is 0 Å². The average Bonchev–Trinajstić information content (AvgIpc) is 3.03. The van der Waals surface area contributed by atoms with Crippen molar-refractivity contribution in [2.24, 2.45) is 5.92 Å². The first-order chi connectivity index (χ1) is 12.1. The quantitative estimate of drug-likeness (QED) is 0.845. The van der Waals surface area contributed by atoms with Crippen LogP contribution in [0.15, 0.2) is 48.5 Å². The average molecular weight is 334 g/mol. The van der Waals surface area contributed by atoms with Crippen LogP contribution in [-0.2, 0) is 16.0 Å². The number of carbonyl (C=O) groups excluding carboxylic acids is 2. The Hall–Kier alpha value is -2.62. The van der Waals surface area contributed by atoms with Gasteiger partial charge in [-0.25, -0.2) is 0 Å². The van der Waals surface area contributed by atoms with Crippen LogP contribution in [0.4, 0.5) is 11.4 Å². The zero-order valence-electron chi connectivity index (χ0n) is 14.4. The molecule has 1 atom stereocenters. The third kappa shape index (κ3) is 2.93. The van der Waals surface area contributed by atoms with Gasteiger partial charge in [0.25, 0.3) is 0 Å². The lowest BCUT2D eigenvalue weighted by atomic mass is 9.99. The molecule has 0 spiro atoms. The van der Waals surface area contributed by atoms with Crippen LogP contribution >= 0.6 is 0 Å². The van der Waals surface area contributed by atoms with Crippen LogP contribution in [0.1, 0.15) is 24.0 Å². The number of rotatable bonds is 2. The molecule has 0 radical (unpaired) electrons. The first-order valence-electron chi connectivity index (χ1n) is 8.90. The summed E-state index contributed by atoms with van der Waals surface area (Å²) in [6, 6.07) is 16.0. The molecule has 0 bridgehead atoms. The van der Waals surface area contributed by atoms with Crippen LogP contribution in [0.3, 0.4) is 0 Å². The molecule has 0 aromatic heterocycles. The maximum Gasteiger partial charge on any atom is 0.232 e. The Morgan fingerprint density at radius 3 is 2.64 bits per heavy atom. The lowest BCUT2D eigenvalue weighted by Crippen LogP contribution is -2.40. The highest BCUT2D eigenvalue weighted by atomic mass is 16.2. The minimum atomic E-state index is -0.264. The van der Waals surface area contributed by atoms with Crippen molar-refractivity contribution in [1.29, 1.82) is 0 Å². The van der Waals surface area contributed by atoms with Crippen molar-refractivity contribution >= 4 is 23.2 Å². The van der Waals surface area contributed by atoms with E-state index in [1.54, 1.807) is 4.90 Å². The Kier molecular flexibility index (Phi) is 4.04. The van der Waals surface area contributed by atoms with Gasteiger partial charge >= 0.3 is 0 Å². The predicted molar refractivity (Wildman–Crippen MR) is 98.8 cm³/mol. The van der Waals surface area contributed by atoms with Crippen LogP contribution in [0.25, 0.3) is 0 Å². The maximum atomic E-state index is 13.1. The highest BCUT2D eigenvalue weighted by molar-refractivity contribution is 6.04. The fourth-order valence-electron chi connectivity index (χ4n) is 3.83. The zero-order valence-corrected chi connectivity index (χ0v) is 14.4. The van der Waals surface area contributed by atoms with Crippen molar-refractivity contribution in [3.8, 4) is 0 Å². The molecule has 0 aliphatic carbocycles. The molecule has 2 aliphatic heterocycles. The molecule has 2 aliphatic rings. The molecule has 1 fully saturated rings. The van der Waals surface area contributed by atoms with Crippen LogP contribution in [-0.4, -0.2) is 24.9 Å². The number of carbonyl (C=O) groups is 2. The van der Waals surface area contributed by atoms with E-state index in [-0.39, 0.29) is 17.7 Å². The Morgan fingerprint density at radius 2 is 1.84 bits per heavy atom. The number of aryl methyl sites for hydroxylation is 2. The van der Waals surface area contributed by atoms with E-state index >= 15 is 0 Å². The number of anilines is 2. The van der Waals surface area contributed by atoms with Crippen LogP contribution in [0, 0.1) is 12.8 Å². The van der Waals surface area contributed by atoms with E-state index < -0.39 is 0 Å². The number of amides is 2. The first-order valence-corrected chi connectivity index (χ1v) is 8.90. The number of hydrogen-bond donors (Lipinski definition) is 0. The van der Waals surface area contributed by atoms with Gasteiger partial charge in [-0.05, 0) is 43.5 Å². The summed E-state index contributed by atoms with van der Waals surface area (Å²) in [5, 5.41) is 0. The molecule has 128 valence electrons. The van der Waals surface area contributed by atoms with E-state index in [0.717, 1.165) is 36.3 Å². The third-order valence-electron chi connectivity index (χ3n) is 5.20. The molecule has 2 aromatic rings. The van der Waals surface area contributed by atoms with Gasteiger partial charge in [0.1, 0.15) is 0 Å². The third-order valence-corrected chi connectivity index (χ3v) is 5.20. The summed E-state index contributed by atoms with van der Waals surface area (Å²) in [6.45, 7) is 3.24. The molecule has 4 nitrogen and oxygen atoms in total. The summed E-state index contributed by atoms with van der Waals surface area (Å²) < 4.78 is 0. The van der Waals surface area contributed by atoms with Crippen molar-refractivity contribution in [3.05, 3.63) is 59.7 Å². The SMILES string of the molecule is Cc1ccc(N2C[C@@H](C(=O)N3CCCc4ccccc43)CC2=O)cc1.